The van der Waals surface area contributed by atoms with Gasteiger partial charge in [-0.3, -0.25) is 9.35 Å². The number of rotatable bonds is 38. The summed E-state index contributed by atoms with van der Waals surface area (Å²) < 4.78 is 59.0. The standard InChI is InChI=1S/C43H80O12S/c1-3-5-7-9-11-13-15-17-19-20-22-24-26-28-30-32-39(45)53-37(35-51-33-31-29-27-25-23-21-18-16-14-12-10-8-6-4-2)36-52-43-41(47)42(55-56(48,49)50)40(46)38(34-44)54-43/h11,13,17,19,37-38,40-44,46-47H,3-10,12,14-16,18,20-36H2,1-2H3,(H,48,49,50)/b13-11-,19-17-. The minimum Gasteiger partial charge on any atom is -0.457 e. The first kappa shape index (κ1) is 52.6. The lowest BCUT2D eigenvalue weighted by Crippen LogP contribution is -2.60. The van der Waals surface area contributed by atoms with Crippen molar-refractivity contribution >= 4 is 16.4 Å². The molecule has 1 heterocycles. The van der Waals surface area contributed by atoms with Crippen molar-refractivity contribution in [3.63, 3.8) is 0 Å². The van der Waals surface area contributed by atoms with Crippen LogP contribution in [0.5, 0.6) is 0 Å². The Labute approximate surface area is 340 Å². The Hall–Kier alpha value is -1.42. The topological polar surface area (TPSA) is 178 Å². The number of carbonyl (C=O) groups is 1. The third-order valence-corrected chi connectivity index (χ3v) is 10.5. The zero-order chi connectivity index (χ0) is 41.1. The molecule has 0 saturated carbocycles. The Bertz CT molecular complexity index is 1080. The Morgan fingerprint density at radius 3 is 1.73 bits per heavy atom. The average molecular weight is 821 g/mol. The molecule has 0 spiro atoms. The molecule has 12 nitrogen and oxygen atoms in total. The van der Waals surface area contributed by atoms with Gasteiger partial charge < -0.3 is 34.3 Å². The second kappa shape index (κ2) is 35.5. The second-order valence-electron chi connectivity index (χ2n) is 15.3. The van der Waals surface area contributed by atoms with Gasteiger partial charge in [0, 0.05) is 13.0 Å². The summed E-state index contributed by atoms with van der Waals surface area (Å²) in [6.07, 6.45) is 29.2. The van der Waals surface area contributed by atoms with Crippen LogP contribution in [0, 0.1) is 0 Å². The minimum atomic E-state index is -5.06. The van der Waals surface area contributed by atoms with Gasteiger partial charge in [0.15, 0.2) is 6.29 Å². The van der Waals surface area contributed by atoms with Crippen LogP contribution in [0.3, 0.4) is 0 Å². The summed E-state index contributed by atoms with van der Waals surface area (Å²) in [5.74, 6) is -0.411. The molecule has 0 radical (unpaired) electrons. The molecule has 330 valence electrons. The van der Waals surface area contributed by atoms with Gasteiger partial charge in [-0.15, -0.1) is 0 Å². The molecule has 13 heteroatoms. The lowest BCUT2D eigenvalue weighted by Gasteiger charge is -2.41. The predicted molar refractivity (Wildman–Crippen MR) is 221 cm³/mol. The van der Waals surface area contributed by atoms with Gasteiger partial charge in [0.1, 0.15) is 30.5 Å². The van der Waals surface area contributed by atoms with E-state index in [-0.39, 0.29) is 19.6 Å². The highest BCUT2D eigenvalue weighted by Gasteiger charge is 2.48. The van der Waals surface area contributed by atoms with Crippen molar-refractivity contribution in [3.8, 4) is 0 Å². The average Bonchev–Trinajstić information content (AvgIpc) is 3.17. The molecule has 6 unspecified atom stereocenters. The number of hydrogen-bond acceptors (Lipinski definition) is 11. The normalized spacial score (nSPS) is 21.0. The zero-order valence-electron chi connectivity index (χ0n) is 34.9. The van der Waals surface area contributed by atoms with Gasteiger partial charge in [0.25, 0.3) is 0 Å². The molecule has 0 aliphatic carbocycles. The largest absolute Gasteiger partial charge is 0.457 e. The molecule has 0 amide bonds. The summed E-state index contributed by atoms with van der Waals surface area (Å²) in [5, 5.41) is 30.6. The number of aliphatic hydroxyl groups excluding tert-OH is 3. The Balaban J connectivity index is 2.46. The van der Waals surface area contributed by atoms with Gasteiger partial charge in [-0.25, -0.2) is 4.18 Å². The van der Waals surface area contributed by atoms with Crippen LogP contribution in [0.1, 0.15) is 181 Å². The van der Waals surface area contributed by atoms with Crippen LogP contribution < -0.4 is 0 Å². The first-order valence-corrected chi connectivity index (χ1v) is 23.5. The third-order valence-electron chi connectivity index (χ3n) is 10.1. The van der Waals surface area contributed by atoms with Crippen molar-refractivity contribution in [1.29, 1.82) is 0 Å². The SMILES string of the molecule is CCCCC/C=C\C/C=C\CCCCCCCC(=O)OC(COCCCCCCCCCCCCCCCC)COC1OC(CO)C(O)C(OS(=O)(=O)O)C1O. The van der Waals surface area contributed by atoms with E-state index in [0.717, 1.165) is 64.2 Å². The molecule has 1 aliphatic rings. The molecule has 1 fully saturated rings. The van der Waals surface area contributed by atoms with Crippen LogP contribution in [0.2, 0.25) is 0 Å². The van der Waals surface area contributed by atoms with Gasteiger partial charge in [-0.05, 0) is 44.9 Å². The van der Waals surface area contributed by atoms with Crippen molar-refractivity contribution in [2.45, 2.75) is 218 Å². The molecule has 1 aliphatic heterocycles. The van der Waals surface area contributed by atoms with Crippen LogP contribution >= 0.6 is 0 Å². The minimum absolute atomic E-state index is 0.0339. The Morgan fingerprint density at radius 2 is 1.18 bits per heavy atom. The highest BCUT2D eigenvalue weighted by Crippen LogP contribution is 2.26. The highest BCUT2D eigenvalue weighted by atomic mass is 32.3. The lowest BCUT2D eigenvalue weighted by molar-refractivity contribution is -0.301. The van der Waals surface area contributed by atoms with E-state index in [1.54, 1.807) is 0 Å². The fourth-order valence-corrected chi connectivity index (χ4v) is 7.21. The number of hydrogen-bond donors (Lipinski definition) is 4. The maximum Gasteiger partial charge on any atom is 0.397 e. The van der Waals surface area contributed by atoms with Gasteiger partial charge in [0.2, 0.25) is 0 Å². The molecular formula is C43H80O12S. The first-order valence-electron chi connectivity index (χ1n) is 22.1. The van der Waals surface area contributed by atoms with Gasteiger partial charge in [0.05, 0.1) is 19.8 Å². The molecule has 4 N–H and O–H groups in total. The van der Waals surface area contributed by atoms with E-state index in [4.69, 9.17) is 23.5 Å². The molecule has 56 heavy (non-hydrogen) atoms. The fraction of sp³-hybridized carbons (Fsp3) is 0.884. The van der Waals surface area contributed by atoms with Crippen LogP contribution in [-0.4, -0.2) is 97.5 Å². The molecular weight excluding hydrogens is 741 g/mol. The third kappa shape index (κ3) is 28.9. The van der Waals surface area contributed by atoms with Crippen molar-refractivity contribution in [2.75, 3.05) is 26.4 Å². The Morgan fingerprint density at radius 1 is 0.679 bits per heavy atom. The van der Waals surface area contributed by atoms with Crippen LogP contribution in [-0.2, 0) is 38.3 Å². The van der Waals surface area contributed by atoms with E-state index in [1.807, 2.05) is 0 Å². The summed E-state index contributed by atoms with van der Waals surface area (Å²) >= 11 is 0. The van der Waals surface area contributed by atoms with Gasteiger partial charge >= 0.3 is 16.4 Å². The highest BCUT2D eigenvalue weighted by molar-refractivity contribution is 7.80. The van der Waals surface area contributed by atoms with Crippen molar-refractivity contribution in [1.82, 2.24) is 0 Å². The van der Waals surface area contributed by atoms with Crippen molar-refractivity contribution in [3.05, 3.63) is 24.3 Å². The fourth-order valence-electron chi connectivity index (χ4n) is 6.70. The monoisotopic (exact) mass is 821 g/mol. The summed E-state index contributed by atoms with van der Waals surface area (Å²) in [6, 6.07) is 0. The van der Waals surface area contributed by atoms with Gasteiger partial charge in [-0.2, -0.15) is 8.42 Å². The van der Waals surface area contributed by atoms with Crippen molar-refractivity contribution < 1.29 is 56.2 Å². The molecule has 0 aromatic rings. The number of esters is 1. The first-order chi connectivity index (χ1) is 27.1. The van der Waals surface area contributed by atoms with E-state index in [2.05, 4.69) is 42.3 Å². The van der Waals surface area contributed by atoms with Gasteiger partial charge in [-0.1, -0.05) is 154 Å². The molecule has 1 rings (SSSR count). The lowest BCUT2D eigenvalue weighted by atomic mass is 9.99. The van der Waals surface area contributed by atoms with E-state index in [0.29, 0.717) is 13.0 Å². The van der Waals surface area contributed by atoms with E-state index < -0.39 is 59.8 Å². The van der Waals surface area contributed by atoms with E-state index >= 15 is 0 Å². The van der Waals surface area contributed by atoms with Crippen LogP contribution in [0.4, 0.5) is 0 Å². The summed E-state index contributed by atoms with van der Waals surface area (Å²) in [7, 11) is -5.06. The predicted octanol–water partition coefficient (Wildman–Crippen LogP) is 8.85. The maximum absolute atomic E-state index is 12.8. The quantitative estimate of drug-likeness (QED) is 0.0202. The molecule has 6 atom stereocenters. The number of allylic oxidation sites excluding steroid dienone is 4. The number of carbonyl (C=O) groups excluding carboxylic acids is 1. The molecule has 1 saturated heterocycles. The van der Waals surface area contributed by atoms with Crippen molar-refractivity contribution in [2.24, 2.45) is 0 Å². The van der Waals surface area contributed by atoms with Crippen LogP contribution in [0.15, 0.2) is 24.3 Å². The number of unbranched alkanes of at least 4 members (excludes halogenated alkanes) is 21. The molecule has 0 aromatic heterocycles. The summed E-state index contributed by atoms with van der Waals surface area (Å²) in [6.45, 7) is 3.95. The van der Waals surface area contributed by atoms with E-state index in [9.17, 15) is 28.5 Å². The maximum atomic E-state index is 12.8. The van der Waals surface area contributed by atoms with E-state index in [1.165, 1.54) is 89.9 Å². The van der Waals surface area contributed by atoms with Crippen LogP contribution in [0.25, 0.3) is 0 Å². The molecule has 0 aromatic carbocycles. The smallest absolute Gasteiger partial charge is 0.397 e. The number of aliphatic hydroxyl groups is 3. The Kier molecular flexibility index (Phi) is 33.4. The zero-order valence-corrected chi connectivity index (χ0v) is 35.8. The summed E-state index contributed by atoms with van der Waals surface area (Å²) in [5.41, 5.74) is 0. The molecule has 0 bridgehead atoms. The number of ether oxygens (including phenoxy) is 4. The summed E-state index contributed by atoms with van der Waals surface area (Å²) in [4.78, 5) is 12.8. The second-order valence-corrected chi connectivity index (χ2v) is 16.3.